The molecular formula is C22H20ClN3O2. The fourth-order valence-electron chi connectivity index (χ4n) is 4.22. The molecule has 2 amide bonds. The largest absolute Gasteiger partial charge is 0.483 e. The van der Waals surface area contributed by atoms with Gasteiger partial charge in [0.25, 0.3) is 0 Å². The molecule has 0 radical (unpaired) electrons. The zero-order chi connectivity index (χ0) is 19.1. The summed E-state index contributed by atoms with van der Waals surface area (Å²) in [7, 11) is 0. The van der Waals surface area contributed by atoms with Gasteiger partial charge in [0.1, 0.15) is 11.4 Å². The zero-order valence-electron chi connectivity index (χ0n) is 15.2. The third kappa shape index (κ3) is 2.87. The number of halogens is 1. The summed E-state index contributed by atoms with van der Waals surface area (Å²) in [4.78, 5) is 16.9. The van der Waals surface area contributed by atoms with Crippen LogP contribution in [0.2, 0.25) is 5.02 Å². The minimum atomic E-state index is -0.363. The Hall–Kier alpha value is -2.79. The van der Waals surface area contributed by atoms with Gasteiger partial charge in [-0.2, -0.15) is 0 Å². The van der Waals surface area contributed by atoms with Crippen molar-refractivity contribution >= 4 is 34.1 Å². The highest BCUT2D eigenvalue weighted by molar-refractivity contribution is 6.32. The molecule has 6 heteroatoms. The van der Waals surface area contributed by atoms with Gasteiger partial charge in [0.2, 0.25) is 0 Å². The lowest BCUT2D eigenvalue weighted by atomic mass is 9.71. The van der Waals surface area contributed by atoms with Gasteiger partial charge >= 0.3 is 6.03 Å². The van der Waals surface area contributed by atoms with E-state index in [-0.39, 0.29) is 17.7 Å². The zero-order valence-corrected chi connectivity index (χ0v) is 16.0. The molecule has 0 saturated heterocycles. The van der Waals surface area contributed by atoms with Crippen LogP contribution in [-0.2, 0) is 6.42 Å². The van der Waals surface area contributed by atoms with E-state index in [9.17, 15) is 4.79 Å². The van der Waals surface area contributed by atoms with E-state index in [1.165, 1.54) is 0 Å². The van der Waals surface area contributed by atoms with Gasteiger partial charge in [0.05, 0.1) is 16.8 Å². The Kier molecular flexibility index (Phi) is 4.13. The second-order valence-electron chi connectivity index (χ2n) is 7.51. The molecule has 2 N–H and O–H groups in total. The summed E-state index contributed by atoms with van der Waals surface area (Å²) in [6.07, 6.45) is 7.16. The third-order valence-corrected chi connectivity index (χ3v) is 6.14. The minimum Gasteiger partial charge on any atom is -0.483 e. The van der Waals surface area contributed by atoms with Crippen LogP contribution < -0.4 is 15.4 Å². The topological polar surface area (TPSA) is 63.2 Å². The van der Waals surface area contributed by atoms with Gasteiger partial charge in [-0.1, -0.05) is 35.9 Å². The highest BCUT2D eigenvalue weighted by Crippen LogP contribution is 2.47. The van der Waals surface area contributed by atoms with Crippen LogP contribution in [0.25, 0.3) is 10.8 Å². The maximum atomic E-state index is 12.8. The smallest absolute Gasteiger partial charge is 0.319 e. The van der Waals surface area contributed by atoms with Crippen LogP contribution in [0.15, 0.2) is 54.9 Å². The summed E-state index contributed by atoms with van der Waals surface area (Å²) in [5.74, 6) is 0.767. The van der Waals surface area contributed by atoms with Gasteiger partial charge in [-0.3, -0.25) is 4.98 Å². The second kappa shape index (κ2) is 6.67. The normalized spacial score (nSPS) is 19.4. The molecule has 3 aromatic rings. The van der Waals surface area contributed by atoms with E-state index in [0.29, 0.717) is 11.4 Å². The molecule has 1 fully saturated rings. The summed E-state index contributed by atoms with van der Waals surface area (Å²) in [5.41, 5.74) is 1.43. The number of anilines is 1. The van der Waals surface area contributed by atoms with Gasteiger partial charge in [-0.05, 0) is 43.0 Å². The van der Waals surface area contributed by atoms with E-state index < -0.39 is 0 Å². The fraction of sp³-hybridized carbons (Fsp3) is 0.273. The maximum Gasteiger partial charge on any atom is 0.319 e. The van der Waals surface area contributed by atoms with E-state index in [1.54, 1.807) is 12.4 Å². The summed E-state index contributed by atoms with van der Waals surface area (Å²) in [6.45, 7) is 0. The lowest BCUT2D eigenvalue weighted by Crippen LogP contribution is -2.63. The van der Waals surface area contributed by atoms with Gasteiger partial charge in [0.15, 0.2) is 0 Å². The SMILES string of the molecule is O=C(Nc1cccc2cnccc12)NC1Cc2cccc(Cl)c2OC12CCC2. The van der Waals surface area contributed by atoms with Gasteiger partial charge in [-0.15, -0.1) is 0 Å². The number of aromatic nitrogens is 1. The van der Waals surface area contributed by atoms with Crippen molar-refractivity contribution in [2.75, 3.05) is 5.32 Å². The first-order valence-corrected chi connectivity index (χ1v) is 9.89. The van der Waals surface area contributed by atoms with Gasteiger partial charge in [-0.25, -0.2) is 4.79 Å². The predicted molar refractivity (Wildman–Crippen MR) is 110 cm³/mol. The van der Waals surface area contributed by atoms with E-state index >= 15 is 0 Å². The van der Waals surface area contributed by atoms with E-state index in [0.717, 1.165) is 47.0 Å². The molecule has 1 aliphatic heterocycles. The van der Waals surface area contributed by atoms with Crippen molar-refractivity contribution in [2.45, 2.75) is 37.3 Å². The van der Waals surface area contributed by atoms with Crippen LogP contribution in [0, 0.1) is 0 Å². The van der Waals surface area contributed by atoms with Crippen molar-refractivity contribution in [1.82, 2.24) is 10.3 Å². The molecular weight excluding hydrogens is 374 g/mol. The quantitative estimate of drug-likeness (QED) is 0.648. The summed E-state index contributed by atoms with van der Waals surface area (Å²) in [6, 6.07) is 13.1. The third-order valence-electron chi connectivity index (χ3n) is 5.85. The van der Waals surface area contributed by atoms with Crippen LogP contribution in [-0.4, -0.2) is 22.7 Å². The van der Waals surface area contributed by atoms with Crippen molar-refractivity contribution in [2.24, 2.45) is 0 Å². The first-order valence-electron chi connectivity index (χ1n) is 9.51. The van der Waals surface area contributed by atoms with Crippen molar-refractivity contribution in [1.29, 1.82) is 0 Å². The number of ether oxygens (including phenoxy) is 1. The van der Waals surface area contributed by atoms with Crippen molar-refractivity contribution in [3.05, 3.63) is 65.4 Å². The number of nitrogens with one attached hydrogen (secondary N) is 2. The van der Waals surface area contributed by atoms with Crippen LogP contribution in [0.4, 0.5) is 10.5 Å². The molecule has 2 heterocycles. The molecule has 142 valence electrons. The molecule has 1 saturated carbocycles. The number of fused-ring (bicyclic) bond motifs is 2. The van der Waals surface area contributed by atoms with E-state index in [2.05, 4.69) is 15.6 Å². The van der Waals surface area contributed by atoms with Crippen molar-refractivity contribution in [3.8, 4) is 5.75 Å². The predicted octanol–water partition coefficient (Wildman–Crippen LogP) is 4.94. The highest BCUT2D eigenvalue weighted by atomic mass is 35.5. The standard InChI is InChI=1S/C22H20ClN3O2/c23-17-6-1-4-14-12-19(22(9-3-10-22)28-20(14)17)26-21(27)25-18-7-2-5-15-13-24-11-8-16(15)18/h1-2,4-8,11,13,19H,3,9-10,12H2,(H2,25,26,27). The average molecular weight is 394 g/mol. The Morgan fingerprint density at radius 3 is 2.86 bits per heavy atom. The molecule has 1 unspecified atom stereocenters. The number of pyridine rings is 1. The molecule has 2 aliphatic rings. The Balaban J connectivity index is 1.38. The Labute approximate surface area is 168 Å². The number of carbonyl (C=O) groups excluding carboxylic acids is 1. The molecule has 1 atom stereocenters. The summed E-state index contributed by atoms with van der Waals surface area (Å²) < 4.78 is 6.34. The number of hydrogen-bond donors (Lipinski definition) is 2. The monoisotopic (exact) mass is 393 g/mol. The fourth-order valence-corrected chi connectivity index (χ4v) is 4.45. The molecule has 1 aliphatic carbocycles. The van der Waals surface area contributed by atoms with Crippen LogP contribution in [0.5, 0.6) is 5.75 Å². The summed E-state index contributed by atoms with van der Waals surface area (Å²) in [5, 5.41) is 8.73. The molecule has 5 nitrogen and oxygen atoms in total. The number of carbonyl (C=O) groups is 1. The molecule has 1 spiro atoms. The number of benzene rings is 2. The second-order valence-corrected chi connectivity index (χ2v) is 7.91. The molecule has 2 aromatic carbocycles. The highest BCUT2D eigenvalue weighted by Gasteiger charge is 2.50. The molecule has 1 aromatic heterocycles. The van der Waals surface area contributed by atoms with Gasteiger partial charge < -0.3 is 15.4 Å². The van der Waals surface area contributed by atoms with Crippen molar-refractivity contribution < 1.29 is 9.53 Å². The average Bonchev–Trinajstić information content (AvgIpc) is 2.67. The number of para-hydroxylation sites is 1. The van der Waals surface area contributed by atoms with Gasteiger partial charge in [0, 0.05) is 29.6 Å². The molecule has 28 heavy (non-hydrogen) atoms. The lowest BCUT2D eigenvalue weighted by molar-refractivity contribution is -0.0479. The number of hydrogen-bond acceptors (Lipinski definition) is 3. The maximum absolute atomic E-state index is 12.8. The van der Waals surface area contributed by atoms with Crippen LogP contribution in [0.3, 0.4) is 0 Å². The van der Waals surface area contributed by atoms with Crippen LogP contribution in [0.1, 0.15) is 24.8 Å². The number of rotatable bonds is 2. The lowest BCUT2D eigenvalue weighted by Gasteiger charge is -2.50. The molecule has 5 rings (SSSR count). The Bertz CT molecular complexity index is 1060. The Morgan fingerprint density at radius 1 is 1.18 bits per heavy atom. The summed E-state index contributed by atoms with van der Waals surface area (Å²) >= 11 is 6.34. The Morgan fingerprint density at radius 2 is 2.04 bits per heavy atom. The minimum absolute atomic E-state index is 0.0936. The van der Waals surface area contributed by atoms with Crippen LogP contribution >= 0.6 is 11.6 Å². The molecule has 0 bridgehead atoms. The van der Waals surface area contributed by atoms with Crippen molar-refractivity contribution in [3.63, 3.8) is 0 Å². The van der Waals surface area contributed by atoms with E-state index in [4.69, 9.17) is 16.3 Å². The first kappa shape index (κ1) is 17.3. The number of nitrogens with zero attached hydrogens (tertiary/aromatic N) is 1. The number of amides is 2. The first-order chi connectivity index (χ1) is 13.6. The number of urea groups is 1. The van der Waals surface area contributed by atoms with E-state index in [1.807, 2.05) is 42.5 Å².